The van der Waals surface area contributed by atoms with E-state index in [2.05, 4.69) is 5.32 Å². The van der Waals surface area contributed by atoms with E-state index >= 15 is 0 Å². The summed E-state index contributed by atoms with van der Waals surface area (Å²) in [6, 6.07) is 13.6. The molecule has 0 amide bonds. The molecule has 0 aromatic heterocycles. The molecule has 20 heavy (non-hydrogen) atoms. The molecule has 4 nitrogen and oxygen atoms in total. The normalized spacial score (nSPS) is 10.1. The molecule has 0 fully saturated rings. The van der Waals surface area contributed by atoms with E-state index in [-0.39, 0.29) is 0 Å². The molecule has 0 aliphatic rings. The Balaban J connectivity index is 1.81. The third-order valence-electron chi connectivity index (χ3n) is 2.92. The number of ether oxygens (including phenoxy) is 2. The number of anilines is 2. The molecule has 0 radical (unpaired) electrons. The quantitative estimate of drug-likeness (QED) is 0.627. The fraction of sp³-hybridized carbons (Fsp3) is 0.250. The minimum atomic E-state index is 0.593. The summed E-state index contributed by atoms with van der Waals surface area (Å²) in [4.78, 5) is 0. The molecule has 0 saturated carbocycles. The van der Waals surface area contributed by atoms with Gasteiger partial charge < -0.3 is 20.5 Å². The third-order valence-corrected chi connectivity index (χ3v) is 2.92. The second kappa shape index (κ2) is 6.70. The number of hydrogen-bond donors (Lipinski definition) is 2. The van der Waals surface area contributed by atoms with Crippen molar-refractivity contribution in [2.24, 2.45) is 0 Å². The van der Waals surface area contributed by atoms with Gasteiger partial charge in [0.1, 0.15) is 18.1 Å². The van der Waals surface area contributed by atoms with Crippen molar-refractivity contribution in [1.29, 1.82) is 0 Å². The van der Waals surface area contributed by atoms with Crippen LogP contribution in [-0.4, -0.2) is 20.3 Å². The van der Waals surface area contributed by atoms with E-state index in [1.54, 1.807) is 7.11 Å². The minimum Gasteiger partial charge on any atom is -0.495 e. The van der Waals surface area contributed by atoms with Crippen molar-refractivity contribution < 1.29 is 9.47 Å². The predicted octanol–water partition coefficient (Wildman–Crippen LogP) is 3.08. The van der Waals surface area contributed by atoms with Gasteiger partial charge in [-0.15, -0.1) is 0 Å². The summed E-state index contributed by atoms with van der Waals surface area (Å²) in [5.74, 6) is 1.57. The minimum absolute atomic E-state index is 0.593. The highest BCUT2D eigenvalue weighted by Gasteiger charge is 2.00. The predicted molar refractivity (Wildman–Crippen MR) is 82.6 cm³/mol. The Morgan fingerprint density at radius 3 is 2.75 bits per heavy atom. The van der Waals surface area contributed by atoms with Crippen LogP contribution in [0.3, 0.4) is 0 Å². The number of nitrogens with one attached hydrogen (secondary N) is 1. The number of nitrogen functional groups attached to an aromatic ring is 1. The summed E-state index contributed by atoms with van der Waals surface area (Å²) in [5, 5.41) is 3.27. The SMILES string of the molecule is COc1cc(NCCOc2cccc(C)c2)ccc1N. The summed E-state index contributed by atoms with van der Waals surface area (Å²) >= 11 is 0. The van der Waals surface area contributed by atoms with Gasteiger partial charge in [0.25, 0.3) is 0 Å². The molecule has 0 atom stereocenters. The molecule has 0 aliphatic carbocycles. The maximum atomic E-state index is 5.77. The lowest BCUT2D eigenvalue weighted by Crippen LogP contribution is -2.11. The molecule has 2 aromatic rings. The van der Waals surface area contributed by atoms with Crippen molar-refractivity contribution in [3.63, 3.8) is 0 Å². The summed E-state index contributed by atoms with van der Waals surface area (Å²) < 4.78 is 10.8. The van der Waals surface area contributed by atoms with Gasteiger partial charge in [-0.2, -0.15) is 0 Å². The smallest absolute Gasteiger partial charge is 0.143 e. The van der Waals surface area contributed by atoms with E-state index in [1.807, 2.05) is 49.4 Å². The number of methoxy groups -OCH3 is 1. The third kappa shape index (κ3) is 3.82. The van der Waals surface area contributed by atoms with E-state index in [0.717, 1.165) is 11.4 Å². The Kier molecular flexibility index (Phi) is 4.71. The molecule has 0 heterocycles. The van der Waals surface area contributed by atoms with Gasteiger partial charge in [-0.3, -0.25) is 0 Å². The molecule has 0 saturated heterocycles. The first-order valence-corrected chi connectivity index (χ1v) is 6.56. The van der Waals surface area contributed by atoms with Gasteiger partial charge in [-0.05, 0) is 36.8 Å². The van der Waals surface area contributed by atoms with E-state index < -0.39 is 0 Å². The molecule has 0 unspecified atom stereocenters. The van der Waals surface area contributed by atoms with Crippen LogP contribution in [-0.2, 0) is 0 Å². The van der Waals surface area contributed by atoms with Gasteiger partial charge in [-0.25, -0.2) is 0 Å². The first kappa shape index (κ1) is 14.1. The Morgan fingerprint density at radius 2 is 2.00 bits per heavy atom. The Morgan fingerprint density at radius 1 is 1.15 bits per heavy atom. The number of aryl methyl sites for hydroxylation is 1. The topological polar surface area (TPSA) is 56.5 Å². The largest absolute Gasteiger partial charge is 0.495 e. The van der Waals surface area contributed by atoms with Crippen molar-refractivity contribution in [3.05, 3.63) is 48.0 Å². The average molecular weight is 272 g/mol. The summed E-state index contributed by atoms with van der Waals surface area (Å²) in [6.07, 6.45) is 0. The van der Waals surface area contributed by atoms with Crippen LogP contribution in [0.2, 0.25) is 0 Å². The standard InChI is InChI=1S/C16H20N2O2/c1-12-4-3-5-14(10-12)20-9-8-18-13-6-7-15(17)16(11-13)19-2/h3-7,10-11,18H,8-9,17H2,1-2H3. The Bertz CT molecular complexity index is 570. The monoisotopic (exact) mass is 272 g/mol. The molecule has 106 valence electrons. The lowest BCUT2D eigenvalue weighted by atomic mass is 10.2. The summed E-state index contributed by atoms with van der Waals surface area (Å²) in [7, 11) is 1.61. The number of rotatable bonds is 6. The van der Waals surface area contributed by atoms with Crippen LogP contribution in [0.5, 0.6) is 11.5 Å². The van der Waals surface area contributed by atoms with Gasteiger partial charge in [0.05, 0.1) is 12.8 Å². The van der Waals surface area contributed by atoms with Gasteiger partial charge in [0, 0.05) is 18.3 Å². The van der Waals surface area contributed by atoms with Gasteiger partial charge in [-0.1, -0.05) is 12.1 Å². The van der Waals surface area contributed by atoms with Crippen LogP contribution in [0, 0.1) is 6.92 Å². The molecule has 3 N–H and O–H groups in total. The van der Waals surface area contributed by atoms with Crippen LogP contribution >= 0.6 is 0 Å². The molecule has 0 aliphatic heterocycles. The second-order valence-electron chi connectivity index (χ2n) is 4.55. The summed E-state index contributed by atoms with van der Waals surface area (Å²) in [5.41, 5.74) is 8.56. The van der Waals surface area contributed by atoms with E-state index in [9.17, 15) is 0 Å². The van der Waals surface area contributed by atoms with Crippen LogP contribution in [0.15, 0.2) is 42.5 Å². The number of benzene rings is 2. The van der Waals surface area contributed by atoms with Gasteiger partial charge in [0.15, 0.2) is 0 Å². The molecule has 2 rings (SSSR count). The van der Waals surface area contributed by atoms with Crippen LogP contribution in [0.25, 0.3) is 0 Å². The fourth-order valence-electron chi connectivity index (χ4n) is 1.89. The molecule has 0 bridgehead atoms. The van der Waals surface area contributed by atoms with Gasteiger partial charge >= 0.3 is 0 Å². The second-order valence-corrected chi connectivity index (χ2v) is 4.55. The first-order chi connectivity index (χ1) is 9.69. The average Bonchev–Trinajstić information content (AvgIpc) is 2.45. The zero-order valence-electron chi connectivity index (χ0n) is 11.8. The van der Waals surface area contributed by atoms with Crippen LogP contribution in [0.1, 0.15) is 5.56 Å². The Hall–Kier alpha value is -2.36. The highest BCUT2D eigenvalue weighted by atomic mass is 16.5. The maximum Gasteiger partial charge on any atom is 0.143 e. The molecular weight excluding hydrogens is 252 g/mol. The number of hydrogen-bond acceptors (Lipinski definition) is 4. The van der Waals surface area contributed by atoms with Crippen molar-refractivity contribution >= 4 is 11.4 Å². The van der Waals surface area contributed by atoms with Crippen LogP contribution < -0.4 is 20.5 Å². The van der Waals surface area contributed by atoms with Crippen molar-refractivity contribution in [2.75, 3.05) is 31.3 Å². The summed E-state index contributed by atoms with van der Waals surface area (Å²) in [6.45, 7) is 3.35. The number of nitrogens with two attached hydrogens (primary N) is 1. The molecule has 4 heteroatoms. The van der Waals surface area contributed by atoms with Crippen LogP contribution in [0.4, 0.5) is 11.4 Å². The highest BCUT2D eigenvalue weighted by Crippen LogP contribution is 2.24. The van der Waals surface area contributed by atoms with Gasteiger partial charge in [0.2, 0.25) is 0 Å². The molecule has 2 aromatic carbocycles. The highest BCUT2D eigenvalue weighted by molar-refractivity contribution is 5.61. The zero-order chi connectivity index (χ0) is 14.4. The van der Waals surface area contributed by atoms with Crippen molar-refractivity contribution in [2.45, 2.75) is 6.92 Å². The zero-order valence-corrected chi connectivity index (χ0v) is 11.8. The van der Waals surface area contributed by atoms with Crippen molar-refractivity contribution in [3.8, 4) is 11.5 Å². The lowest BCUT2D eigenvalue weighted by molar-refractivity contribution is 0.332. The Labute approximate surface area is 119 Å². The van der Waals surface area contributed by atoms with Crippen molar-refractivity contribution in [1.82, 2.24) is 0 Å². The van der Waals surface area contributed by atoms with E-state index in [4.69, 9.17) is 15.2 Å². The lowest BCUT2D eigenvalue weighted by Gasteiger charge is -2.11. The maximum absolute atomic E-state index is 5.77. The van der Waals surface area contributed by atoms with E-state index in [1.165, 1.54) is 5.56 Å². The molecule has 0 spiro atoms. The first-order valence-electron chi connectivity index (χ1n) is 6.56. The fourth-order valence-corrected chi connectivity index (χ4v) is 1.89. The molecular formula is C16H20N2O2. The van der Waals surface area contributed by atoms with E-state index in [0.29, 0.717) is 24.6 Å².